The molecular formula is C18H19N5O4. The standard InChI is InChI=1S/C18H19N5O4/c24-13-10-12(16(25)19-11-4-2-1-3-5-11)14-15(20-13)21-18(22-17(14)26)23-6-8-27-9-7-23/h1-5,12H,6-10H2,(H,19,25)(H2,20,21,22,24,26). The molecule has 3 heterocycles. The average molecular weight is 369 g/mol. The SMILES string of the molecule is O=C1CC(C(=O)Nc2ccccc2)c2c(nc(N3CCOCC3)[nH]c2=O)N1. The van der Waals surface area contributed by atoms with Crippen LogP contribution in [0.1, 0.15) is 17.9 Å². The van der Waals surface area contributed by atoms with Gasteiger partial charge < -0.3 is 20.3 Å². The number of hydrogen-bond donors (Lipinski definition) is 3. The van der Waals surface area contributed by atoms with Crippen molar-refractivity contribution in [3.63, 3.8) is 0 Å². The highest BCUT2D eigenvalue weighted by Gasteiger charge is 2.35. The number of carbonyl (C=O) groups is 2. The summed E-state index contributed by atoms with van der Waals surface area (Å²) in [4.78, 5) is 46.6. The molecule has 1 aromatic heterocycles. The lowest BCUT2D eigenvalue weighted by atomic mass is 9.92. The highest BCUT2D eigenvalue weighted by molar-refractivity contribution is 6.04. The molecule has 1 atom stereocenters. The first-order chi connectivity index (χ1) is 13.1. The molecule has 1 unspecified atom stereocenters. The number of para-hydroxylation sites is 1. The van der Waals surface area contributed by atoms with Crippen LogP contribution in [-0.4, -0.2) is 48.1 Å². The summed E-state index contributed by atoms with van der Waals surface area (Å²) in [6.45, 7) is 2.26. The third-order valence-electron chi connectivity index (χ3n) is 4.61. The van der Waals surface area contributed by atoms with Crippen LogP contribution in [0.15, 0.2) is 35.1 Å². The van der Waals surface area contributed by atoms with Crippen LogP contribution in [0.5, 0.6) is 0 Å². The number of hydrogen-bond acceptors (Lipinski definition) is 6. The number of ether oxygens (including phenoxy) is 1. The Kier molecular flexibility index (Phi) is 4.59. The zero-order valence-electron chi connectivity index (χ0n) is 14.5. The summed E-state index contributed by atoms with van der Waals surface area (Å²) in [6.07, 6.45) is -0.104. The van der Waals surface area contributed by atoms with Crippen molar-refractivity contribution in [2.75, 3.05) is 41.8 Å². The van der Waals surface area contributed by atoms with Crippen molar-refractivity contribution in [2.24, 2.45) is 0 Å². The minimum atomic E-state index is -0.899. The summed E-state index contributed by atoms with van der Waals surface area (Å²) in [5, 5.41) is 5.37. The fourth-order valence-corrected chi connectivity index (χ4v) is 3.26. The third kappa shape index (κ3) is 3.54. The second-order valence-corrected chi connectivity index (χ2v) is 6.41. The molecule has 9 nitrogen and oxygen atoms in total. The number of aromatic nitrogens is 2. The number of carbonyl (C=O) groups excluding carboxylic acids is 2. The van der Waals surface area contributed by atoms with Gasteiger partial charge in [0.2, 0.25) is 17.8 Å². The maximum absolute atomic E-state index is 12.7. The van der Waals surface area contributed by atoms with E-state index in [4.69, 9.17) is 4.74 Å². The number of fused-ring (bicyclic) bond motifs is 1. The molecule has 1 aromatic carbocycles. The van der Waals surface area contributed by atoms with Gasteiger partial charge in [-0.25, -0.2) is 0 Å². The lowest BCUT2D eigenvalue weighted by molar-refractivity contribution is -0.123. The number of H-pyrrole nitrogens is 1. The predicted octanol–water partition coefficient (Wildman–Crippen LogP) is 0.671. The molecule has 0 aliphatic carbocycles. The number of benzene rings is 1. The molecule has 2 amide bonds. The maximum atomic E-state index is 12.7. The molecule has 0 spiro atoms. The second kappa shape index (κ2) is 7.20. The van der Waals surface area contributed by atoms with E-state index in [2.05, 4.69) is 20.6 Å². The van der Waals surface area contributed by atoms with Gasteiger partial charge in [-0.15, -0.1) is 0 Å². The minimum absolute atomic E-state index is 0.104. The zero-order chi connectivity index (χ0) is 18.8. The van der Waals surface area contributed by atoms with E-state index in [9.17, 15) is 14.4 Å². The first-order valence-corrected chi connectivity index (χ1v) is 8.74. The van der Waals surface area contributed by atoms with Crippen LogP contribution in [0.4, 0.5) is 17.5 Å². The van der Waals surface area contributed by atoms with E-state index >= 15 is 0 Å². The first-order valence-electron chi connectivity index (χ1n) is 8.74. The average Bonchev–Trinajstić information content (AvgIpc) is 2.68. The van der Waals surface area contributed by atoms with E-state index in [1.807, 2.05) is 11.0 Å². The van der Waals surface area contributed by atoms with Crippen molar-refractivity contribution in [2.45, 2.75) is 12.3 Å². The Morgan fingerprint density at radius 1 is 1.19 bits per heavy atom. The normalized spacial score (nSPS) is 19.2. The van der Waals surface area contributed by atoms with E-state index in [-0.39, 0.29) is 23.7 Å². The largest absolute Gasteiger partial charge is 0.378 e. The van der Waals surface area contributed by atoms with Gasteiger partial charge >= 0.3 is 0 Å². The van der Waals surface area contributed by atoms with E-state index < -0.39 is 17.4 Å². The highest BCUT2D eigenvalue weighted by Crippen LogP contribution is 2.30. The van der Waals surface area contributed by atoms with Crippen LogP contribution in [0.3, 0.4) is 0 Å². The van der Waals surface area contributed by atoms with E-state index in [0.717, 1.165) is 0 Å². The number of amides is 2. The molecule has 1 saturated heterocycles. The number of morpholine rings is 1. The number of rotatable bonds is 3. The van der Waals surface area contributed by atoms with Crippen LogP contribution in [0, 0.1) is 0 Å². The molecule has 2 aliphatic heterocycles. The Labute approximate surface area is 154 Å². The minimum Gasteiger partial charge on any atom is -0.378 e. The molecule has 3 N–H and O–H groups in total. The molecule has 0 saturated carbocycles. The van der Waals surface area contributed by atoms with Crippen LogP contribution < -0.4 is 21.1 Å². The number of anilines is 3. The van der Waals surface area contributed by atoms with Crippen LogP contribution in [-0.2, 0) is 14.3 Å². The Morgan fingerprint density at radius 3 is 2.67 bits per heavy atom. The third-order valence-corrected chi connectivity index (χ3v) is 4.61. The number of nitrogens with zero attached hydrogens (tertiary/aromatic N) is 2. The van der Waals surface area contributed by atoms with Crippen molar-refractivity contribution in [1.82, 2.24) is 9.97 Å². The Morgan fingerprint density at radius 2 is 1.93 bits per heavy atom. The lowest BCUT2D eigenvalue weighted by Crippen LogP contribution is -2.41. The molecule has 4 rings (SSSR count). The Hall–Kier alpha value is -3.20. The van der Waals surface area contributed by atoms with Crippen LogP contribution in [0.25, 0.3) is 0 Å². The van der Waals surface area contributed by atoms with Crippen molar-refractivity contribution in [3.8, 4) is 0 Å². The van der Waals surface area contributed by atoms with Gasteiger partial charge in [0.15, 0.2) is 0 Å². The van der Waals surface area contributed by atoms with Crippen molar-refractivity contribution < 1.29 is 14.3 Å². The van der Waals surface area contributed by atoms with Crippen LogP contribution in [0.2, 0.25) is 0 Å². The maximum Gasteiger partial charge on any atom is 0.258 e. The highest BCUT2D eigenvalue weighted by atomic mass is 16.5. The van der Waals surface area contributed by atoms with Crippen molar-refractivity contribution in [1.29, 1.82) is 0 Å². The molecule has 9 heteroatoms. The monoisotopic (exact) mass is 369 g/mol. The van der Waals surface area contributed by atoms with Gasteiger partial charge in [0.1, 0.15) is 5.82 Å². The molecule has 27 heavy (non-hydrogen) atoms. The van der Waals surface area contributed by atoms with Gasteiger partial charge in [0.25, 0.3) is 5.56 Å². The van der Waals surface area contributed by atoms with E-state index in [1.54, 1.807) is 24.3 Å². The van der Waals surface area contributed by atoms with Crippen molar-refractivity contribution in [3.05, 3.63) is 46.2 Å². The first kappa shape index (κ1) is 17.2. The van der Waals surface area contributed by atoms with Gasteiger partial charge in [-0.3, -0.25) is 19.4 Å². The summed E-state index contributed by atoms with van der Waals surface area (Å²) >= 11 is 0. The molecule has 140 valence electrons. The molecule has 0 radical (unpaired) electrons. The fraction of sp³-hybridized carbons (Fsp3) is 0.333. The lowest BCUT2D eigenvalue weighted by Gasteiger charge is -2.29. The smallest absolute Gasteiger partial charge is 0.258 e. The van der Waals surface area contributed by atoms with Gasteiger partial charge in [0, 0.05) is 25.2 Å². The van der Waals surface area contributed by atoms with Gasteiger partial charge in [0.05, 0.1) is 24.7 Å². The summed E-state index contributed by atoms with van der Waals surface area (Å²) in [6, 6.07) is 8.90. The molecule has 2 aliphatic rings. The zero-order valence-corrected chi connectivity index (χ0v) is 14.5. The second-order valence-electron chi connectivity index (χ2n) is 6.41. The number of nitrogens with one attached hydrogen (secondary N) is 3. The van der Waals surface area contributed by atoms with Crippen LogP contribution >= 0.6 is 0 Å². The van der Waals surface area contributed by atoms with Gasteiger partial charge in [-0.2, -0.15) is 4.98 Å². The van der Waals surface area contributed by atoms with Gasteiger partial charge in [-0.1, -0.05) is 18.2 Å². The summed E-state index contributed by atoms with van der Waals surface area (Å²) in [7, 11) is 0. The molecule has 0 bridgehead atoms. The van der Waals surface area contributed by atoms with E-state index in [0.29, 0.717) is 37.9 Å². The summed E-state index contributed by atoms with van der Waals surface area (Å²) in [5.74, 6) is -1.15. The molecule has 2 aromatic rings. The summed E-state index contributed by atoms with van der Waals surface area (Å²) < 4.78 is 5.30. The van der Waals surface area contributed by atoms with E-state index in [1.165, 1.54) is 0 Å². The summed E-state index contributed by atoms with van der Waals surface area (Å²) in [5.41, 5.74) is 0.360. The Balaban J connectivity index is 1.66. The van der Waals surface area contributed by atoms with Gasteiger partial charge in [-0.05, 0) is 12.1 Å². The fourth-order valence-electron chi connectivity index (χ4n) is 3.26. The molecule has 1 fully saturated rings. The number of aromatic amines is 1. The quantitative estimate of drug-likeness (QED) is 0.732. The Bertz CT molecular complexity index is 921. The predicted molar refractivity (Wildman–Crippen MR) is 98.9 cm³/mol. The topological polar surface area (TPSA) is 116 Å². The van der Waals surface area contributed by atoms with Crippen molar-refractivity contribution >= 4 is 29.3 Å². The molecular weight excluding hydrogens is 350 g/mol.